The third-order valence-corrected chi connectivity index (χ3v) is 4.24. The van der Waals surface area contributed by atoms with Crippen molar-refractivity contribution in [2.75, 3.05) is 0 Å². The van der Waals surface area contributed by atoms with Crippen LogP contribution < -0.4 is 0 Å². The minimum Gasteiger partial charge on any atom is -0.451 e. The number of carbonyl (C=O) groups excluding carboxylic acids is 2. The number of hydrogen-bond acceptors (Lipinski definition) is 5. The van der Waals surface area contributed by atoms with Gasteiger partial charge in [-0.2, -0.15) is 5.10 Å². The smallest absolute Gasteiger partial charge is 0.340 e. The fourth-order valence-electron chi connectivity index (χ4n) is 2.62. The Morgan fingerprint density at radius 3 is 2.30 bits per heavy atom. The molecule has 0 N–H and O–H groups in total. The monoisotopic (exact) mass is 383 g/mol. The zero-order chi connectivity index (χ0) is 19.6. The van der Waals surface area contributed by atoms with Gasteiger partial charge in [-0.25, -0.2) is 14.5 Å². The van der Waals surface area contributed by atoms with Crippen LogP contribution in [0.2, 0.25) is 5.02 Å². The Balaban J connectivity index is 1.69. The van der Waals surface area contributed by atoms with Crippen molar-refractivity contribution in [1.29, 1.82) is 0 Å². The number of benzene rings is 1. The van der Waals surface area contributed by atoms with Gasteiger partial charge in [0.15, 0.2) is 11.9 Å². The lowest BCUT2D eigenvalue weighted by atomic mass is 10.1. The van der Waals surface area contributed by atoms with Gasteiger partial charge in [0.05, 0.1) is 11.3 Å². The summed E-state index contributed by atoms with van der Waals surface area (Å²) >= 11 is 5.82. The molecule has 0 bridgehead atoms. The number of ketones is 1. The number of halogens is 1. The highest BCUT2D eigenvalue weighted by Gasteiger charge is 2.20. The van der Waals surface area contributed by atoms with Crippen LogP contribution in [0.5, 0.6) is 0 Å². The van der Waals surface area contributed by atoms with Crippen molar-refractivity contribution in [2.45, 2.75) is 26.9 Å². The number of rotatable bonds is 5. The molecule has 1 aromatic carbocycles. The molecule has 0 amide bonds. The molecule has 2 heterocycles. The molecule has 27 heavy (non-hydrogen) atoms. The molecular weight excluding hydrogens is 366 g/mol. The molecule has 1 unspecified atom stereocenters. The van der Waals surface area contributed by atoms with Crippen molar-refractivity contribution in [3.63, 3.8) is 0 Å². The lowest BCUT2D eigenvalue weighted by Gasteiger charge is -2.12. The van der Waals surface area contributed by atoms with E-state index in [1.54, 1.807) is 41.1 Å². The minimum absolute atomic E-state index is 0.260. The van der Waals surface area contributed by atoms with Gasteiger partial charge >= 0.3 is 5.97 Å². The number of hydrogen-bond donors (Lipinski definition) is 0. The first-order valence-electron chi connectivity index (χ1n) is 8.35. The number of esters is 1. The second-order valence-electron chi connectivity index (χ2n) is 6.16. The minimum atomic E-state index is -0.922. The molecule has 0 aliphatic rings. The summed E-state index contributed by atoms with van der Waals surface area (Å²) in [6.07, 6.45) is 0.488. The van der Waals surface area contributed by atoms with Crippen molar-refractivity contribution in [3.8, 4) is 5.82 Å². The van der Waals surface area contributed by atoms with E-state index in [0.717, 1.165) is 11.4 Å². The van der Waals surface area contributed by atoms with Crippen molar-refractivity contribution in [3.05, 3.63) is 76.2 Å². The second-order valence-corrected chi connectivity index (χ2v) is 6.60. The maximum absolute atomic E-state index is 12.4. The predicted molar refractivity (Wildman–Crippen MR) is 101 cm³/mol. The Bertz CT molecular complexity index is 979. The molecule has 0 aliphatic heterocycles. The quantitative estimate of drug-likeness (QED) is 0.492. The summed E-state index contributed by atoms with van der Waals surface area (Å²) < 4.78 is 6.96. The third-order valence-electron chi connectivity index (χ3n) is 3.99. The van der Waals surface area contributed by atoms with Gasteiger partial charge in [-0.05, 0) is 63.2 Å². The van der Waals surface area contributed by atoms with Crippen LogP contribution in [0.4, 0.5) is 0 Å². The van der Waals surface area contributed by atoms with Gasteiger partial charge in [-0.3, -0.25) is 4.79 Å². The van der Waals surface area contributed by atoms with E-state index in [4.69, 9.17) is 16.3 Å². The van der Waals surface area contributed by atoms with Crippen LogP contribution in [0.15, 0.2) is 48.7 Å². The van der Waals surface area contributed by atoms with Crippen LogP contribution in [-0.4, -0.2) is 32.6 Å². The Hall–Kier alpha value is -2.99. The highest BCUT2D eigenvalue weighted by molar-refractivity contribution is 6.30. The van der Waals surface area contributed by atoms with Crippen molar-refractivity contribution in [2.24, 2.45) is 0 Å². The van der Waals surface area contributed by atoms with E-state index >= 15 is 0 Å². The summed E-state index contributed by atoms with van der Waals surface area (Å²) in [4.78, 5) is 28.9. The topological polar surface area (TPSA) is 74.1 Å². The largest absolute Gasteiger partial charge is 0.451 e. The van der Waals surface area contributed by atoms with Gasteiger partial charge in [-0.1, -0.05) is 11.6 Å². The average molecular weight is 384 g/mol. The molecule has 2 aromatic heterocycles. The molecule has 0 spiro atoms. The summed E-state index contributed by atoms with van der Waals surface area (Å²) in [5.41, 5.74) is 2.51. The van der Waals surface area contributed by atoms with E-state index in [2.05, 4.69) is 10.1 Å². The standard InChI is InChI=1S/C20H18ClN3O3/c1-12-10-13(2)24(23-12)18-9-6-16(11-22-18)20(26)27-14(3)19(25)15-4-7-17(21)8-5-15/h4-11,14H,1-3H3. The Morgan fingerprint density at radius 1 is 1.07 bits per heavy atom. The van der Waals surface area contributed by atoms with Gasteiger partial charge in [0.2, 0.25) is 5.78 Å². The molecule has 0 fully saturated rings. The van der Waals surface area contributed by atoms with Crippen LogP contribution >= 0.6 is 11.6 Å². The zero-order valence-electron chi connectivity index (χ0n) is 15.1. The molecule has 0 saturated carbocycles. The summed E-state index contributed by atoms with van der Waals surface area (Å²) in [5.74, 6) is -0.313. The van der Waals surface area contributed by atoms with Crippen LogP contribution in [-0.2, 0) is 4.74 Å². The number of Topliss-reactive ketones (excluding diaryl/α,β-unsaturated/α-hetero) is 1. The van der Waals surface area contributed by atoms with Gasteiger partial charge in [0, 0.05) is 22.5 Å². The SMILES string of the molecule is Cc1cc(C)n(-c2ccc(C(=O)OC(C)C(=O)c3ccc(Cl)cc3)cn2)n1. The third kappa shape index (κ3) is 4.23. The van der Waals surface area contributed by atoms with E-state index < -0.39 is 12.1 Å². The molecule has 3 rings (SSSR count). The van der Waals surface area contributed by atoms with E-state index in [0.29, 0.717) is 16.4 Å². The lowest BCUT2D eigenvalue weighted by molar-refractivity contribution is 0.0318. The number of pyridine rings is 1. The summed E-state index contributed by atoms with van der Waals surface area (Å²) in [6.45, 7) is 5.36. The Morgan fingerprint density at radius 2 is 1.74 bits per heavy atom. The van der Waals surface area contributed by atoms with E-state index in [9.17, 15) is 9.59 Å². The summed E-state index contributed by atoms with van der Waals surface area (Å²) in [7, 11) is 0. The molecule has 0 saturated heterocycles. The van der Waals surface area contributed by atoms with E-state index in [1.165, 1.54) is 13.1 Å². The van der Waals surface area contributed by atoms with E-state index in [1.807, 2.05) is 19.9 Å². The number of aromatic nitrogens is 3. The highest BCUT2D eigenvalue weighted by atomic mass is 35.5. The average Bonchev–Trinajstić information content (AvgIpc) is 3.00. The van der Waals surface area contributed by atoms with Crippen molar-refractivity contribution in [1.82, 2.24) is 14.8 Å². The van der Waals surface area contributed by atoms with E-state index in [-0.39, 0.29) is 11.3 Å². The molecule has 3 aromatic rings. The molecular formula is C20H18ClN3O3. The number of ether oxygens (including phenoxy) is 1. The van der Waals surface area contributed by atoms with Crippen LogP contribution in [0.25, 0.3) is 5.82 Å². The fourth-order valence-corrected chi connectivity index (χ4v) is 2.75. The molecule has 7 heteroatoms. The Labute approximate surface area is 161 Å². The summed E-state index contributed by atoms with van der Waals surface area (Å²) in [5, 5.41) is 4.88. The lowest BCUT2D eigenvalue weighted by Crippen LogP contribution is -2.24. The van der Waals surface area contributed by atoms with Gasteiger partial charge in [0.1, 0.15) is 0 Å². The number of carbonyl (C=O) groups is 2. The van der Waals surface area contributed by atoms with Crippen molar-refractivity contribution < 1.29 is 14.3 Å². The fraction of sp³-hybridized carbons (Fsp3) is 0.200. The molecule has 6 nitrogen and oxygen atoms in total. The summed E-state index contributed by atoms with van der Waals surface area (Å²) in [6, 6.07) is 11.6. The van der Waals surface area contributed by atoms with Crippen molar-refractivity contribution >= 4 is 23.4 Å². The first-order chi connectivity index (χ1) is 12.8. The van der Waals surface area contributed by atoms with Gasteiger partial charge in [0.25, 0.3) is 0 Å². The maximum Gasteiger partial charge on any atom is 0.340 e. The maximum atomic E-state index is 12.4. The molecule has 138 valence electrons. The highest BCUT2D eigenvalue weighted by Crippen LogP contribution is 2.14. The van der Waals surface area contributed by atoms with Gasteiger partial charge < -0.3 is 4.74 Å². The van der Waals surface area contributed by atoms with Crippen LogP contribution in [0.3, 0.4) is 0 Å². The molecule has 1 atom stereocenters. The molecule has 0 aliphatic carbocycles. The first-order valence-corrected chi connectivity index (χ1v) is 8.73. The first kappa shape index (κ1) is 18.8. The van der Waals surface area contributed by atoms with Gasteiger partial charge in [-0.15, -0.1) is 0 Å². The normalized spacial score (nSPS) is 11.9. The van der Waals surface area contributed by atoms with Crippen LogP contribution in [0, 0.1) is 13.8 Å². The zero-order valence-corrected chi connectivity index (χ0v) is 15.9. The molecule has 0 radical (unpaired) electrons. The number of aryl methyl sites for hydroxylation is 2. The van der Waals surface area contributed by atoms with Crippen LogP contribution in [0.1, 0.15) is 39.0 Å². The predicted octanol–water partition coefficient (Wildman–Crippen LogP) is 3.97. The Kier molecular flexibility index (Phi) is 5.37. The second kappa shape index (κ2) is 7.72. The number of nitrogens with zero attached hydrogens (tertiary/aromatic N) is 3.